The molecule has 2 aromatic rings. The lowest BCUT2D eigenvalue weighted by Gasteiger charge is -2.08. The zero-order valence-corrected chi connectivity index (χ0v) is 10.6. The van der Waals surface area contributed by atoms with Crippen LogP contribution in [0, 0.1) is 5.82 Å². The number of amides is 1. The molecule has 0 heterocycles. The minimum absolute atomic E-state index is 0.0507. The van der Waals surface area contributed by atoms with Crippen molar-refractivity contribution in [3.63, 3.8) is 0 Å². The van der Waals surface area contributed by atoms with E-state index in [1.807, 2.05) is 0 Å². The molecule has 2 N–H and O–H groups in total. The summed E-state index contributed by atoms with van der Waals surface area (Å²) in [5, 5.41) is 12.1. The smallest absolute Gasteiger partial charge is 0.256 e. The zero-order chi connectivity index (χ0) is 13.8. The summed E-state index contributed by atoms with van der Waals surface area (Å²) >= 11 is 5.79. The highest BCUT2D eigenvalue weighted by Crippen LogP contribution is 2.19. The van der Waals surface area contributed by atoms with Crippen LogP contribution in [0.15, 0.2) is 42.5 Å². The number of phenolic OH excluding ortho intramolecular Hbond substituents is 1. The maximum absolute atomic E-state index is 13.5. The van der Waals surface area contributed by atoms with Gasteiger partial charge < -0.3 is 10.4 Å². The molecule has 0 saturated carbocycles. The molecule has 2 rings (SSSR count). The van der Waals surface area contributed by atoms with Crippen molar-refractivity contribution in [1.82, 2.24) is 5.32 Å². The number of benzene rings is 2. The number of carbonyl (C=O) groups is 1. The summed E-state index contributed by atoms with van der Waals surface area (Å²) in [6, 6.07) is 10.6. The summed E-state index contributed by atoms with van der Waals surface area (Å²) in [6.07, 6.45) is 0. The standard InChI is InChI=1S/C14H11ClFNO2/c15-10-5-3-6-11(16)13(10)14(19)17-8-9-4-1-2-7-12(9)18/h1-7,18H,8H2,(H,17,19). The van der Waals surface area contributed by atoms with Crippen molar-refractivity contribution < 1.29 is 14.3 Å². The van der Waals surface area contributed by atoms with Crippen molar-refractivity contribution in [3.05, 3.63) is 64.4 Å². The Balaban J connectivity index is 2.13. The van der Waals surface area contributed by atoms with Crippen LogP contribution in [0.2, 0.25) is 5.02 Å². The fraction of sp³-hybridized carbons (Fsp3) is 0.0714. The molecule has 0 spiro atoms. The van der Waals surface area contributed by atoms with Gasteiger partial charge in [0.2, 0.25) is 0 Å². The van der Waals surface area contributed by atoms with Crippen LogP contribution in [0.1, 0.15) is 15.9 Å². The summed E-state index contributed by atoms with van der Waals surface area (Å²) in [7, 11) is 0. The topological polar surface area (TPSA) is 49.3 Å². The Bertz CT molecular complexity index is 596. The Morgan fingerprint density at radius 3 is 2.63 bits per heavy atom. The number of carbonyl (C=O) groups excluding carboxylic acids is 1. The summed E-state index contributed by atoms with van der Waals surface area (Å²) in [4.78, 5) is 11.9. The number of phenols is 1. The second-order valence-electron chi connectivity index (χ2n) is 3.91. The van der Waals surface area contributed by atoms with Crippen LogP contribution in [-0.4, -0.2) is 11.0 Å². The van der Waals surface area contributed by atoms with E-state index in [1.54, 1.807) is 18.2 Å². The van der Waals surface area contributed by atoms with Gasteiger partial charge in [-0.15, -0.1) is 0 Å². The molecule has 98 valence electrons. The van der Waals surface area contributed by atoms with Gasteiger partial charge in [0.15, 0.2) is 0 Å². The number of para-hydroxylation sites is 1. The van der Waals surface area contributed by atoms with E-state index in [4.69, 9.17) is 11.6 Å². The SMILES string of the molecule is O=C(NCc1ccccc1O)c1c(F)cccc1Cl. The van der Waals surface area contributed by atoms with Crippen LogP contribution in [0.3, 0.4) is 0 Å². The van der Waals surface area contributed by atoms with E-state index in [-0.39, 0.29) is 22.9 Å². The van der Waals surface area contributed by atoms with Crippen LogP contribution in [0.25, 0.3) is 0 Å². The minimum atomic E-state index is -0.678. The van der Waals surface area contributed by atoms with Crippen LogP contribution in [0.4, 0.5) is 4.39 Å². The molecule has 0 unspecified atom stereocenters. The van der Waals surface area contributed by atoms with Crippen molar-refractivity contribution in [2.45, 2.75) is 6.54 Å². The molecular weight excluding hydrogens is 269 g/mol. The van der Waals surface area contributed by atoms with Gasteiger partial charge in [-0.05, 0) is 18.2 Å². The lowest BCUT2D eigenvalue weighted by molar-refractivity contribution is 0.0947. The first-order chi connectivity index (χ1) is 9.09. The monoisotopic (exact) mass is 279 g/mol. The third-order valence-corrected chi connectivity index (χ3v) is 2.94. The molecule has 1 amide bonds. The zero-order valence-electron chi connectivity index (χ0n) is 9.86. The number of hydrogen-bond acceptors (Lipinski definition) is 2. The highest BCUT2D eigenvalue weighted by Gasteiger charge is 2.15. The lowest BCUT2D eigenvalue weighted by atomic mass is 10.1. The Labute approximate surface area is 114 Å². The molecule has 3 nitrogen and oxygen atoms in total. The Morgan fingerprint density at radius 2 is 1.95 bits per heavy atom. The molecule has 2 aromatic carbocycles. The number of halogens is 2. The lowest BCUT2D eigenvalue weighted by Crippen LogP contribution is -2.24. The predicted octanol–water partition coefficient (Wildman–Crippen LogP) is 3.11. The molecule has 0 atom stereocenters. The molecule has 19 heavy (non-hydrogen) atoms. The van der Waals surface area contributed by atoms with Gasteiger partial charge in [-0.3, -0.25) is 4.79 Å². The van der Waals surface area contributed by atoms with Gasteiger partial charge in [0.25, 0.3) is 5.91 Å². The number of rotatable bonds is 3. The summed E-state index contributed by atoms with van der Waals surface area (Å²) in [5.41, 5.74) is 0.350. The molecule has 0 aliphatic heterocycles. The van der Waals surface area contributed by atoms with Gasteiger partial charge in [-0.25, -0.2) is 4.39 Å². The maximum atomic E-state index is 13.5. The molecule has 0 bridgehead atoms. The predicted molar refractivity (Wildman–Crippen MR) is 70.7 cm³/mol. The van der Waals surface area contributed by atoms with Gasteiger partial charge >= 0.3 is 0 Å². The van der Waals surface area contributed by atoms with Gasteiger partial charge in [0.05, 0.1) is 10.6 Å². The van der Waals surface area contributed by atoms with E-state index in [0.717, 1.165) is 0 Å². The average Bonchev–Trinajstić information content (AvgIpc) is 2.37. The number of nitrogens with one attached hydrogen (secondary N) is 1. The summed E-state index contributed by atoms with van der Waals surface area (Å²) < 4.78 is 13.5. The van der Waals surface area contributed by atoms with Crippen LogP contribution < -0.4 is 5.32 Å². The van der Waals surface area contributed by atoms with Crippen molar-refractivity contribution in [2.75, 3.05) is 0 Å². The fourth-order valence-corrected chi connectivity index (χ4v) is 1.89. The van der Waals surface area contributed by atoms with Gasteiger partial charge in [0, 0.05) is 12.1 Å². The van der Waals surface area contributed by atoms with Crippen LogP contribution in [0.5, 0.6) is 5.75 Å². The van der Waals surface area contributed by atoms with E-state index in [1.165, 1.54) is 24.3 Å². The third kappa shape index (κ3) is 3.03. The van der Waals surface area contributed by atoms with Gasteiger partial charge in [-0.2, -0.15) is 0 Å². The highest BCUT2D eigenvalue weighted by molar-refractivity contribution is 6.33. The molecule has 0 aliphatic carbocycles. The Hall–Kier alpha value is -2.07. The first-order valence-corrected chi connectivity index (χ1v) is 5.96. The molecule has 0 aliphatic rings. The van der Waals surface area contributed by atoms with Crippen molar-refractivity contribution in [2.24, 2.45) is 0 Å². The minimum Gasteiger partial charge on any atom is -0.508 e. The molecule has 0 saturated heterocycles. The van der Waals surface area contributed by atoms with Gasteiger partial charge in [-0.1, -0.05) is 35.9 Å². The Kier molecular flexibility index (Phi) is 4.02. The summed E-state index contributed by atoms with van der Waals surface area (Å²) in [5.74, 6) is -1.23. The van der Waals surface area contributed by atoms with E-state index >= 15 is 0 Å². The number of aromatic hydroxyl groups is 1. The fourth-order valence-electron chi connectivity index (χ4n) is 1.64. The van der Waals surface area contributed by atoms with E-state index < -0.39 is 11.7 Å². The second-order valence-corrected chi connectivity index (χ2v) is 4.32. The molecule has 5 heteroatoms. The molecular formula is C14H11ClFNO2. The van der Waals surface area contributed by atoms with E-state index in [0.29, 0.717) is 5.56 Å². The molecule has 0 aromatic heterocycles. The first kappa shape index (κ1) is 13.4. The van der Waals surface area contributed by atoms with Crippen molar-refractivity contribution in [1.29, 1.82) is 0 Å². The quantitative estimate of drug-likeness (QED) is 0.907. The number of hydrogen-bond donors (Lipinski definition) is 2. The molecule has 0 fully saturated rings. The molecule has 0 radical (unpaired) electrons. The van der Waals surface area contributed by atoms with Crippen molar-refractivity contribution >= 4 is 17.5 Å². The van der Waals surface area contributed by atoms with Gasteiger partial charge in [0.1, 0.15) is 11.6 Å². The van der Waals surface area contributed by atoms with E-state index in [2.05, 4.69) is 5.32 Å². The van der Waals surface area contributed by atoms with Crippen LogP contribution >= 0.6 is 11.6 Å². The largest absolute Gasteiger partial charge is 0.508 e. The highest BCUT2D eigenvalue weighted by atomic mass is 35.5. The average molecular weight is 280 g/mol. The normalized spacial score (nSPS) is 10.2. The summed E-state index contributed by atoms with van der Waals surface area (Å²) in [6.45, 7) is 0.0934. The van der Waals surface area contributed by atoms with Crippen molar-refractivity contribution in [3.8, 4) is 5.75 Å². The third-order valence-electron chi connectivity index (χ3n) is 2.62. The Morgan fingerprint density at radius 1 is 1.21 bits per heavy atom. The van der Waals surface area contributed by atoms with E-state index in [9.17, 15) is 14.3 Å². The first-order valence-electron chi connectivity index (χ1n) is 5.58. The van der Waals surface area contributed by atoms with Crippen LogP contribution in [-0.2, 0) is 6.54 Å². The maximum Gasteiger partial charge on any atom is 0.256 e. The second kappa shape index (κ2) is 5.71.